The van der Waals surface area contributed by atoms with E-state index in [4.69, 9.17) is 5.73 Å². The number of nitrogens with two attached hydrogens (primary N) is 1. The van der Waals surface area contributed by atoms with Crippen molar-refractivity contribution in [3.63, 3.8) is 0 Å². The molecule has 0 aliphatic carbocycles. The van der Waals surface area contributed by atoms with Crippen LogP contribution >= 0.6 is 0 Å². The lowest BCUT2D eigenvalue weighted by Gasteiger charge is -2.37. The first kappa shape index (κ1) is 12.7. The Morgan fingerprint density at radius 1 is 0.950 bits per heavy atom. The smallest absolute Gasteiger partial charge is 0.165 e. The van der Waals surface area contributed by atoms with Crippen molar-refractivity contribution in [1.82, 2.24) is 4.98 Å². The van der Waals surface area contributed by atoms with E-state index in [1.807, 2.05) is 29.2 Å². The Balaban J connectivity index is 1.72. The summed E-state index contributed by atoms with van der Waals surface area (Å²) < 4.78 is 13.7. The standard InChI is InChI=1S/C15H17FN4/c16-12-4-3-7-18-15(12)20-10-8-19(9-11-20)14-6-2-1-5-13(14)17/h1-7H,8-11,17H2. The first-order valence-corrected chi connectivity index (χ1v) is 6.70. The Labute approximate surface area is 117 Å². The van der Waals surface area contributed by atoms with Gasteiger partial charge in [-0.3, -0.25) is 0 Å². The molecule has 0 amide bonds. The maximum Gasteiger partial charge on any atom is 0.165 e. The van der Waals surface area contributed by atoms with E-state index < -0.39 is 0 Å². The number of hydrogen-bond acceptors (Lipinski definition) is 4. The minimum atomic E-state index is -0.264. The summed E-state index contributed by atoms with van der Waals surface area (Å²) in [7, 11) is 0. The number of hydrogen-bond donors (Lipinski definition) is 1. The average molecular weight is 272 g/mol. The lowest BCUT2D eigenvalue weighted by molar-refractivity contribution is 0.589. The molecule has 5 heteroatoms. The molecular weight excluding hydrogens is 255 g/mol. The van der Waals surface area contributed by atoms with Gasteiger partial charge in [0.05, 0.1) is 11.4 Å². The van der Waals surface area contributed by atoms with Gasteiger partial charge in [0, 0.05) is 32.4 Å². The number of benzene rings is 1. The number of anilines is 3. The zero-order valence-electron chi connectivity index (χ0n) is 11.2. The summed E-state index contributed by atoms with van der Waals surface area (Å²) in [5.74, 6) is 0.174. The summed E-state index contributed by atoms with van der Waals surface area (Å²) in [6, 6.07) is 10.9. The first-order valence-electron chi connectivity index (χ1n) is 6.70. The van der Waals surface area contributed by atoms with Gasteiger partial charge >= 0.3 is 0 Å². The van der Waals surface area contributed by atoms with Crippen molar-refractivity contribution in [2.24, 2.45) is 0 Å². The summed E-state index contributed by atoms with van der Waals surface area (Å²) in [5.41, 5.74) is 7.83. The number of nitrogens with zero attached hydrogens (tertiary/aromatic N) is 3. The molecule has 1 aromatic heterocycles. The van der Waals surface area contributed by atoms with E-state index in [-0.39, 0.29) is 5.82 Å². The van der Waals surface area contributed by atoms with Crippen molar-refractivity contribution in [3.05, 3.63) is 48.4 Å². The molecule has 2 aromatic rings. The third-order valence-electron chi connectivity index (χ3n) is 3.60. The Hall–Kier alpha value is -2.30. The zero-order valence-corrected chi connectivity index (χ0v) is 11.2. The fourth-order valence-corrected chi connectivity index (χ4v) is 2.54. The maximum absolute atomic E-state index is 13.7. The molecule has 20 heavy (non-hydrogen) atoms. The maximum atomic E-state index is 13.7. The summed E-state index contributed by atoms with van der Waals surface area (Å²) in [6.45, 7) is 3.10. The summed E-state index contributed by atoms with van der Waals surface area (Å²) in [5, 5.41) is 0. The van der Waals surface area contributed by atoms with Crippen LogP contribution in [0.4, 0.5) is 21.6 Å². The number of piperazine rings is 1. The Morgan fingerprint density at radius 2 is 1.65 bits per heavy atom. The number of nitrogen functional groups attached to an aromatic ring is 1. The first-order chi connectivity index (χ1) is 9.75. The van der Waals surface area contributed by atoms with Crippen LogP contribution in [0.1, 0.15) is 0 Å². The fraction of sp³-hybridized carbons (Fsp3) is 0.267. The molecule has 1 aromatic carbocycles. The number of para-hydroxylation sites is 2. The molecule has 104 valence electrons. The van der Waals surface area contributed by atoms with Gasteiger partial charge in [-0.1, -0.05) is 12.1 Å². The molecule has 0 spiro atoms. The number of pyridine rings is 1. The molecular formula is C15H17FN4. The van der Waals surface area contributed by atoms with Gasteiger partial charge in [0.1, 0.15) is 0 Å². The van der Waals surface area contributed by atoms with Crippen molar-refractivity contribution >= 4 is 17.2 Å². The van der Waals surface area contributed by atoms with Gasteiger partial charge in [-0.2, -0.15) is 0 Å². The van der Waals surface area contributed by atoms with Crippen LogP contribution in [0.5, 0.6) is 0 Å². The second-order valence-corrected chi connectivity index (χ2v) is 4.84. The highest BCUT2D eigenvalue weighted by molar-refractivity contribution is 5.67. The van der Waals surface area contributed by atoms with Gasteiger partial charge in [-0.15, -0.1) is 0 Å². The van der Waals surface area contributed by atoms with E-state index in [9.17, 15) is 4.39 Å². The molecule has 2 N–H and O–H groups in total. The van der Waals surface area contributed by atoms with E-state index >= 15 is 0 Å². The minimum absolute atomic E-state index is 0.264. The topological polar surface area (TPSA) is 45.4 Å². The lowest BCUT2D eigenvalue weighted by atomic mass is 10.2. The van der Waals surface area contributed by atoms with E-state index in [1.165, 1.54) is 6.07 Å². The summed E-state index contributed by atoms with van der Waals surface area (Å²) in [4.78, 5) is 8.33. The molecule has 1 aliphatic heterocycles. The number of rotatable bonds is 2. The summed E-state index contributed by atoms with van der Waals surface area (Å²) >= 11 is 0. The Bertz CT molecular complexity index is 540. The SMILES string of the molecule is Nc1ccccc1N1CCN(c2ncccc2F)CC1. The zero-order chi connectivity index (χ0) is 13.9. The lowest BCUT2D eigenvalue weighted by Crippen LogP contribution is -2.47. The van der Waals surface area contributed by atoms with Crippen LogP contribution in [0.3, 0.4) is 0 Å². The predicted octanol–water partition coefficient (Wildman–Crippen LogP) is 2.13. The molecule has 1 fully saturated rings. The molecule has 2 heterocycles. The van der Waals surface area contributed by atoms with Gasteiger partial charge in [0.25, 0.3) is 0 Å². The predicted molar refractivity (Wildman–Crippen MR) is 79.5 cm³/mol. The van der Waals surface area contributed by atoms with E-state index in [2.05, 4.69) is 9.88 Å². The van der Waals surface area contributed by atoms with E-state index in [0.29, 0.717) is 5.82 Å². The minimum Gasteiger partial charge on any atom is -0.397 e. The van der Waals surface area contributed by atoms with Crippen molar-refractivity contribution in [3.8, 4) is 0 Å². The molecule has 3 rings (SSSR count). The van der Waals surface area contributed by atoms with Gasteiger partial charge in [-0.25, -0.2) is 9.37 Å². The molecule has 1 aliphatic rings. The Morgan fingerprint density at radius 3 is 2.35 bits per heavy atom. The third kappa shape index (κ3) is 2.39. The van der Waals surface area contributed by atoms with Crippen LogP contribution in [-0.2, 0) is 0 Å². The second kappa shape index (κ2) is 5.36. The van der Waals surface area contributed by atoms with Gasteiger partial charge < -0.3 is 15.5 Å². The van der Waals surface area contributed by atoms with Crippen LogP contribution in [0.15, 0.2) is 42.6 Å². The second-order valence-electron chi connectivity index (χ2n) is 4.84. The molecule has 0 radical (unpaired) electrons. The largest absolute Gasteiger partial charge is 0.397 e. The molecule has 0 saturated carbocycles. The van der Waals surface area contributed by atoms with Crippen LogP contribution in [0, 0.1) is 5.82 Å². The van der Waals surface area contributed by atoms with Crippen LogP contribution in [-0.4, -0.2) is 31.2 Å². The number of halogens is 1. The van der Waals surface area contributed by atoms with Crippen LogP contribution in [0.25, 0.3) is 0 Å². The summed E-state index contributed by atoms with van der Waals surface area (Å²) in [6.07, 6.45) is 1.62. The number of aromatic nitrogens is 1. The van der Waals surface area contributed by atoms with E-state index in [1.54, 1.807) is 12.3 Å². The van der Waals surface area contributed by atoms with Crippen molar-refractivity contribution in [2.75, 3.05) is 41.7 Å². The van der Waals surface area contributed by atoms with Gasteiger partial charge in [-0.05, 0) is 24.3 Å². The monoisotopic (exact) mass is 272 g/mol. The Kier molecular flexibility index (Phi) is 3.41. The van der Waals surface area contributed by atoms with Crippen molar-refractivity contribution in [2.45, 2.75) is 0 Å². The molecule has 0 atom stereocenters. The molecule has 0 bridgehead atoms. The van der Waals surface area contributed by atoms with Crippen LogP contribution in [0.2, 0.25) is 0 Å². The molecule has 0 unspecified atom stereocenters. The van der Waals surface area contributed by atoms with Crippen molar-refractivity contribution in [1.29, 1.82) is 0 Å². The quantitative estimate of drug-likeness (QED) is 0.851. The van der Waals surface area contributed by atoms with Crippen molar-refractivity contribution < 1.29 is 4.39 Å². The normalized spacial score (nSPS) is 15.4. The van der Waals surface area contributed by atoms with Gasteiger partial charge in [0.2, 0.25) is 0 Å². The van der Waals surface area contributed by atoms with Gasteiger partial charge in [0.15, 0.2) is 11.6 Å². The fourth-order valence-electron chi connectivity index (χ4n) is 2.54. The highest BCUT2D eigenvalue weighted by Gasteiger charge is 2.21. The molecule has 4 nitrogen and oxygen atoms in total. The highest BCUT2D eigenvalue weighted by Crippen LogP contribution is 2.25. The molecule has 1 saturated heterocycles. The average Bonchev–Trinajstić information content (AvgIpc) is 2.49. The highest BCUT2D eigenvalue weighted by atomic mass is 19.1. The van der Waals surface area contributed by atoms with Crippen LogP contribution < -0.4 is 15.5 Å². The third-order valence-corrected chi connectivity index (χ3v) is 3.60. The van der Waals surface area contributed by atoms with E-state index in [0.717, 1.165) is 37.6 Å².